The van der Waals surface area contributed by atoms with Crippen molar-refractivity contribution in [3.63, 3.8) is 0 Å². The smallest absolute Gasteiger partial charge is 0.245 e. The molecule has 2 rings (SSSR count). The number of aryl methyl sites for hydroxylation is 2. The summed E-state index contributed by atoms with van der Waals surface area (Å²) in [7, 11) is 0. The zero-order chi connectivity index (χ0) is 16.7. The third kappa shape index (κ3) is 5.18. The van der Waals surface area contributed by atoms with E-state index in [9.17, 15) is 4.79 Å². The molecule has 2 aromatic rings. The molecule has 1 heterocycles. The number of nitrogens with one attached hydrogen (secondary N) is 1. The molecule has 0 fully saturated rings. The van der Waals surface area contributed by atoms with Crippen molar-refractivity contribution in [1.82, 2.24) is 4.98 Å². The molecule has 4 heteroatoms. The molecular formula is C19H25N3O. The maximum atomic E-state index is 12.2. The molecule has 0 aliphatic carbocycles. The van der Waals surface area contributed by atoms with Crippen molar-refractivity contribution < 1.29 is 4.79 Å². The largest absolute Gasteiger partial charge is 0.318 e. The average Bonchev–Trinajstić information content (AvgIpc) is 2.54. The van der Waals surface area contributed by atoms with Crippen LogP contribution in [0.15, 0.2) is 48.7 Å². The predicted octanol–water partition coefficient (Wildman–Crippen LogP) is 3.32. The first-order valence-corrected chi connectivity index (χ1v) is 8.10. The number of nitrogens with zero attached hydrogens (tertiary/aromatic N) is 1. The number of nitrogens with two attached hydrogens (primary N) is 1. The standard InChI is InChI=1S/C19H25N3O/c1-3-12-19(2,20)18(23)22-17-14-16(11-13-21-17)10-9-15-7-5-4-6-8-15/h4-8,11,13-14H,3,9-10,12,20H2,1-2H3,(H,21,22,23). The molecule has 0 aliphatic heterocycles. The van der Waals surface area contributed by atoms with Crippen LogP contribution in [0.1, 0.15) is 37.8 Å². The number of pyridine rings is 1. The molecule has 0 saturated carbocycles. The van der Waals surface area contributed by atoms with Gasteiger partial charge in [0.15, 0.2) is 0 Å². The SMILES string of the molecule is CCCC(C)(N)C(=O)Nc1cc(CCc2ccccc2)ccn1. The number of carbonyl (C=O) groups is 1. The summed E-state index contributed by atoms with van der Waals surface area (Å²) >= 11 is 0. The highest BCUT2D eigenvalue weighted by atomic mass is 16.2. The van der Waals surface area contributed by atoms with Crippen LogP contribution in [0.5, 0.6) is 0 Å². The molecule has 4 nitrogen and oxygen atoms in total. The highest BCUT2D eigenvalue weighted by Crippen LogP contribution is 2.14. The van der Waals surface area contributed by atoms with Crippen LogP contribution in [0.2, 0.25) is 0 Å². The van der Waals surface area contributed by atoms with Gasteiger partial charge in [0.2, 0.25) is 5.91 Å². The maximum absolute atomic E-state index is 12.2. The molecule has 122 valence electrons. The molecule has 0 aliphatic rings. The van der Waals surface area contributed by atoms with Gasteiger partial charge in [-0.2, -0.15) is 0 Å². The Morgan fingerprint density at radius 1 is 1.17 bits per heavy atom. The Morgan fingerprint density at radius 2 is 1.87 bits per heavy atom. The second-order valence-electron chi connectivity index (χ2n) is 6.16. The van der Waals surface area contributed by atoms with Gasteiger partial charge in [0.05, 0.1) is 5.54 Å². The van der Waals surface area contributed by atoms with Crippen molar-refractivity contribution in [1.29, 1.82) is 0 Å². The van der Waals surface area contributed by atoms with Crippen LogP contribution >= 0.6 is 0 Å². The Morgan fingerprint density at radius 3 is 2.57 bits per heavy atom. The van der Waals surface area contributed by atoms with Gasteiger partial charge in [-0.1, -0.05) is 43.7 Å². The Kier molecular flexibility index (Phi) is 5.88. The van der Waals surface area contributed by atoms with Crippen LogP contribution in [0, 0.1) is 0 Å². The summed E-state index contributed by atoms with van der Waals surface area (Å²) in [4.78, 5) is 16.5. The summed E-state index contributed by atoms with van der Waals surface area (Å²) in [5, 5.41) is 2.83. The number of anilines is 1. The van der Waals surface area contributed by atoms with E-state index >= 15 is 0 Å². The number of carbonyl (C=O) groups excluding carboxylic acids is 1. The van der Waals surface area contributed by atoms with E-state index < -0.39 is 5.54 Å². The molecule has 0 radical (unpaired) electrons. The monoisotopic (exact) mass is 311 g/mol. The molecule has 1 amide bonds. The normalized spacial score (nSPS) is 13.3. The van der Waals surface area contributed by atoms with E-state index in [1.165, 1.54) is 5.56 Å². The van der Waals surface area contributed by atoms with Crippen molar-refractivity contribution >= 4 is 11.7 Å². The fourth-order valence-corrected chi connectivity index (χ4v) is 2.52. The Balaban J connectivity index is 1.98. The second-order valence-corrected chi connectivity index (χ2v) is 6.16. The fourth-order valence-electron chi connectivity index (χ4n) is 2.52. The molecule has 1 unspecified atom stereocenters. The quantitative estimate of drug-likeness (QED) is 0.824. The second kappa shape index (κ2) is 7.88. The number of aromatic nitrogens is 1. The van der Waals surface area contributed by atoms with Crippen molar-refractivity contribution in [3.05, 3.63) is 59.8 Å². The van der Waals surface area contributed by atoms with E-state index in [4.69, 9.17) is 5.73 Å². The Hall–Kier alpha value is -2.20. The minimum absolute atomic E-state index is 0.188. The summed E-state index contributed by atoms with van der Waals surface area (Å²) in [6.45, 7) is 3.77. The van der Waals surface area contributed by atoms with Gasteiger partial charge in [-0.3, -0.25) is 4.79 Å². The average molecular weight is 311 g/mol. The summed E-state index contributed by atoms with van der Waals surface area (Å²) in [5.41, 5.74) is 7.63. The molecule has 0 bridgehead atoms. The van der Waals surface area contributed by atoms with Crippen LogP contribution in [-0.2, 0) is 17.6 Å². The van der Waals surface area contributed by atoms with Crippen molar-refractivity contribution in [2.45, 2.75) is 45.1 Å². The number of rotatable bonds is 7. The lowest BCUT2D eigenvalue weighted by Gasteiger charge is -2.22. The molecule has 1 aromatic heterocycles. The number of amides is 1. The lowest BCUT2D eigenvalue weighted by atomic mass is 9.96. The van der Waals surface area contributed by atoms with Crippen molar-refractivity contribution in [2.75, 3.05) is 5.32 Å². The summed E-state index contributed by atoms with van der Waals surface area (Å²) in [5.74, 6) is 0.375. The van der Waals surface area contributed by atoms with E-state index in [-0.39, 0.29) is 5.91 Å². The Bertz CT molecular complexity index is 638. The van der Waals surface area contributed by atoms with Gasteiger partial charge in [0.1, 0.15) is 5.82 Å². The molecule has 0 spiro atoms. The number of hydrogen-bond acceptors (Lipinski definition) is 3. The first kappa shape index (κ1) is 17.2. The van der Waals surface area contributed by atoms with Crippen LogP contribution in [-0.4, -0.2) is 16.4 Å². The molecule has 1 aromatic carbocycles. The first-order chi connectivity index (χ1) is 11.0. The van der Waals surface area contributed by atoms with E-state index in [1.807, 2.05) is 37.3 Å². The fraction of sp³-hybridized carbons (Fsp3) is 0.368. The first-order valence-electron chi connectivity index (χ1n) is 8.10. The lowest BCUT2D eigenvalue weighted by molar-refractivity contribution is -0.120. The van der Waals surface area contributed by atoms with Gasteiger partial charge in [-0.15, -0.1) is 0 Å². The third-order valence-electron chi connectivity index (χ3n) is 3.90. The van der Waals surface area contributed by atoms with Gasteiger partial charge in [0, 0.05) is 6.20 Å². The predicted molar refractivity (Wildman–Crippen MR) is 94.2 cm³/mol. The van der Waals surface area contributed by atoms with Crippen LogP contribution in [0.4, 0.5) is 5.82 Å². The van der Waals surface area contributed by atoms with Crippen molar-refractivity contribution in [3.8, 4) is 0 Å². The topological polar surface area (TPSA) is 68.0 Å². The minimum atomic E-state index is -0.865. The molecule has 0 saturated heterocycles. The van der Waals surface area contributed by atoms with E-state index in [2.05, 4.69) is 22.4 Å². The van der Waals surface area contributed by atoms with Gasteiger partial charge >= 0.3 is 0 Å². The third-order valence-corrected chi connectivity index (χ3v) is 3.90. The maximum Gasteiger partial charge on any atom is 0.245 e. The molecule has 1 atom stereocenters. The van der Waals surface area contributed by atoms with E-state index in [0.29, 0.717) is 12.2 Å². The van der Waals surface area contributed by atoms with Gasteiger partial charge < -0.3 is 11.1 Å². The summed E-state index contributed by atoms with van der Waals surface area (Å²) in [6, 6.07) is 14.2. The molecule has 23 heavy (non-hydrogen) atoms. The van der Waals surface area contributed by atoms with Crippen LogP contribution in [0.25, 0.3) is 0 Å². The minimum Gasteiger partial charge on any atom is -0.318 e. The molecule has 3 N–H and O–H groups in total. The summed E-state index contributed by atoms with van der Waals surface area (Å²) in [6.07, 6.45) is 5.11. The van der Waals surface area contributed by atoms with Crippen molar-refractivity contribution in [2.24, 2.45) is 5.73 Å². The van der Waals surface area contributed by atoms with E-state index in [0.717, 1.165) is 24.8 Å². The lowest BCUT2D eigenvalue weighted by Crippen LogP contribution is -2.48. The highest BCUT2D eigenvalue weighted by molar-refractivity contribution is 5.96. The Labute approximate surface area is 138 Å². The van der Waals surface area contributed by atoms with Gasteiger partial charge in [-0.05, 0) is 49.4 Å². The van der Waals surface area contributed by atoms with Crippen LogP contribution < -0.4 is 11.1 Å². The van der Waals surface area contributed by atoms with Gasteiger partial charge in [-0.25, -0.2) is 4.98 Å². The van der Waals surface area contributed by atoms with Gasteiger partial charge in [0.25, 0.3) is 0 Å². The number of hydrogen-bond donors (Lipinski definition) is 2. The number of benzene rings is 1. The zero-order valence-corrected chi connectivity index (χ0v) is 13.9. The zero-order valence-electron chi connectivity index (χ0n) is 13.9. The molecular weight excluding hydrogens is 286 g/mol. The van der Waals surface area contributed by atoms with Crippen LogP contribution in [0.3, 0.4) is 0 Å². The summed E-state index contributed by atoms with van der Waals surface area (Å²) < 4.78 is 0. The highest BCUT2D eigenvalue weighted by Gasteiger charge is 2.27. The van der Waals surface area contributed by atoms with E-state index in [1.54, 1.807) is 13.1 Å².